The molecule has 0 aromatic rings. The van der Waals surface area contributed by atoms with E-state index in [2.05, 4.69) is 5.32 Å². The second kappa shape index (κ2) is 6.53. The number of carboxylic acids is 1. The minimum absolute atomic E-state index is 0.272. The number of piperidine rings is 1. The molecular weight excluding hydrogens is 284 g/mol. The van der Waals surface area contributed by atoms with Gasteiger partial charge in [-0.1, -0.05) is 20.3 Å². The van der Waals surface area contributed by atoms with Crippen molar-refractivity contribution in [1.82, 2.24) is 9.62 Å². The summed E-state index contributed by atoms with van der Waals surface area (Å²) in [4.78, 5) is 23.3. The first-order chi connectivity index (χ1) is 9.14. The summed E-state index contributed by atoms with van der Waals surface area (Å²) in [5.41, 5.74) is 0. The highest BCUT2D eigenvalue weighted by molar-refractivity contribution is 7.88. The van der Waals surface area contributed by atoms with Crippen LogP contribution in [-0.2, 0) is 19.6 Å². The Labute approximate surface area is 119 Å². The predicted octanol–water partition coefficient (Wildman–Crippen LogP) is 0.0259. The van der Waals surface area contributed by atoms with Gasteiger partial charge in [-0.3, -0.25) is 4.79 Å². The van der Waals surface area contributed by atoms with Crippen LogP contribution >= 0.6 is 0 Å². The summed E-state index contributed by atoms with van der Waals surface area (Å²) < 4.78 is 24.5. The van der Waals surface area contributed by atoms with Crippen LogP contribution in [-0.4, -0.2) is 54.6 Å². The van der Waals surface area contributed by atoms with Gasteiger partial charge in [0.2, 0.25) is 15.9 Å². The zero-order chi connectivity index (χ0) is 15.5. The van der Waals surface area contributed by atoms with Crippen LogP contribution in [0.4, 0.5) is 0 Å². The van der Waals surface area contributed by atoms with E-state index in [-0.39, 0.29) is 5.92 Å². The van der Waals surface area contributed by atoms with Crippen LogP contribution in [0.3, 0.4) is 0 Å². The van der Waals surface area contributed by atoms with E-state index in [9.17, 15) is 18.0 Å². The number of hydrogen-bond donors (Lipinski definition) is 2. The number of aliphatic carboxylic acids is 1. The molecule has 0 bridgehead atoms. The summed E-state index contributed by atoms with van der Waals surface area (Å²) in [7, 11) is -3.47. The first-order valence-electron chi connectivity index (χ1n) is 6.64. The third-order valence-electron chi connectivity index (χ3n) is 3.41. The molecule has 0 aromatic carbocycles. The second-order valence-corrected chi connectivity index (χ2v) is 7.39. The van der Waals surface area contributed by atoms with E-state index in [1.165, 1.54) is 0 Å². The zero-order valence-corrected chi connectivity index (χ0v) is 12.8. The fourth-order valence-corrected chi connectivity index (χ4v) is 3.45. The van der Waals surface area contributed by atoms with Gasteiger partial charge in [-0.2, -0.15) is 4.31 Å². The molecule has 116 valence electrons. The molecule has 0 spiro atoms. The third kappa shape index (κ3) is 4.17. The van der Waals surface area contributed by atoms with Gasteiger partial charge in [-0.25, -0.2) is 13.2 Å². The molecule has 0 aromatic heterocycles. The summed E-state index contributed by atoms with van der Waals surface area (Å²) in [5.74, 6) is -1.92. The summed E-state index contributed by atoms with van der Waals surface area (Å²) in [6.45, 7) is 3.68. The Balaban J connectivity index is 2.86. The van der Waals surface area contributed by atoms with Crippen LogP contribution in [0, 0.1) is 5.92 Å². The normalized spacial score (nSPS) is 22.5. The smallest absolute Gasteiger partial charge is 0.326 e. The molecule has 0 aliphatic carbocycles. The molecular formula is C12H22N2O5S. The van der Waals surface area contributed by atoms with Crippen LogP contribution in [0.1, 0.15) is 33.1 Å². The number of nitrogens with zero attached hydrogens (tertiary/aromatic N) is 1. The van der Waals surface area contributed by atoms with Crippen LogP contribution in [0.25, 0.3) is 0 Å². The molecule has 0 radical (unpaired) electrons. The lowest BCUT2D eigenvalue weighted by Gasteiger charge is -2.33. The number of carbonyl (C=O) groups excluding carboxylic acids is 1. The molecule has 1 aliphatic rings. The topological polar surface area (TPSA) is 104 Å². The average Bonchev–Trinajstić information content (AvgIpc) is 2.33. The van der Waals surface area contributed by atoms with Gasteiger partial charge in [0.25, 0.3) is 0 Å². The number of carboxylic acid groups (broad SMARTS) is 1. The van der Waals surface area contributed by atoms with Crippen LogP contribution in [0.15, 0.2) is 0 Å². The lowest BCUT2D eigenvalue weighted by molar-refractivity contribution is -0.143. The maximum Gasteiger partial charge on any atom is 0.326 e. The van der Waals surface area contributed by atoms with E-state index in [0.29, 0.717) is 19.4 Å². The lowest BCUT2D eigenvalue weighted by atomic mass is 10.0. The Bertz CT molecular complexity index is 474. The molecule has 1 fully saturated rings. The predicted molar refractivity (Wildman–Crippen MR) is 73.6 cm³/mol. The Kier molecular flexibility index (Phi) is 5.52. The number of rotatable bonds is 5. The van der Waals surface area contributed by atoms with Gasteiger partial charge < -0.3 is 10.4 Å². The molecule has 8 heteroatoms. The van der Waals surface area contributed by atoms with Crippen LogP contribution < -0.4 is 5.32 Å². The maximum absolute atomic E-state index is 12.2. The van der Waals surface area contributed by atoms with Gasteiger partial charge in [0.1, 0.15) is 12.1 Å². The highest BCUT2D eigenvalue weighted by Crippen LogP contribution is 2.20. The van der Waals surface area contributed by atoms with E-state index < -0.39 is 34.0 Å². The van der Waals surface area contributed by atoms with Crippen molar-refractivity contribution in [2.45, 2.75) is 45.2 Å². The number of sulfonamides is 1. The van der Waals surface area contributed by atoms with Crippen molar-refractivity contribution >= 4 is 21.9 Å². The van der Waals surface area contributed by atoms with Gasteiger partial charge >= 0.3 is 5.97 Å². The van der Waals surface area contributed by atoms with Crippen molar-refractivity contribution in [2.75, 3.05) is 12.8 Å². The molecule has 20 heavy (non-hydrogen) atoms. The van der Waals surface area contributed by atoms with Gasteiger partial charge in [-0.05, 0) is 18.8 Å². The van der Waals surface area contributed by atoms with Gasteiger partial charge in [0.15, 0.2) is 0 Å². The first-order valence-corrected chi connectivity index (χ1v) is 8.49. The minimum Gasteiger partial charge on any atom is -0.480 e. The molecule has 2 N–H and O–H groups in total. The van der Waals surface area contributed by atoms with Crippen molar-refractivity contribution in [1.29, 1.82) is 0 Å². The average molecular weight is 306 g/mol. The van der Waals surface area contributed by atoms with Crippen LogP contribution in [0.2, 0.25) is 0 Å². The summed E-state index contributed by atoms with van der Waals surface area (Å²) in [6.07, 6.45) is 2.95. The Morgan fingerprint density at radius 2 is 1.90 bits per heavy atom. The van der Waals surface area contributed by atoms with E-state index in [4.69, 9.17) is 5.11 Å². The first kappa shape index (κ1) is 16.9. The molecule has 1 unspecified atom stereocenters. The van der Waals surface area contributed by atoms with Crippen molar-refractivity contribution in [3.8, 4) is 0 Å². The van der Waals surface area contributed by atoms with Gasteiger partial charge in [-0.15, -0.1) is 0 Å². The lowest BCUT2D eigenvalue weighted by Crippen LogP contribution is -2.55. The molecule has 1 aliphatic heterocycles. The number of amides is 1. The van der Waals surface area contributed by atoms with Gasteiger partial charge in [0, 0.05) is 6.54 Å². The fourth-order valence-electron chi connectivity index (χ4n) is 2.33. The van der Waals surface area contributed by atoms with E-state index in [1.807, 2.05) is 0 Å². The van der Waals surface area contributed by atoms with Crippen LogP contribution in [0.5, 0.6) is 0 Å². The molecule has 1 saturated heterocycles. The SMILES string of the molecule is CC(C)[C@H](NC(=O)C1CCCCN1S(C)(=O)=O)C(=O)O. The van der Waals surface area contributed by atoms with Crippen molar-refractivity contribution in [3.63, 3.8) is 0 Å². The highest BCUT2D eigenvalue weighted by Gasteiger charge is 2.36. The number of carbonyl (C=O) groups is 2. The quantitative estimate of drug-likeness (QED) is 0.745. The summed E-state index contributed by atoms with van der Waals surface area (Å²) >= 11 is 0. The number of hydrogen-bond acceptors (Lipinski definition) is 4. The monoisotopic (exact) mass is 306 g/mol. The van der Waals surface area contributed by atoms with Crippen molar-refractivity contribution in [2.24, 2.45) is 5.92 Å². The van der Waals surface area contributed by atoms with E-state index in [0.717, 1.165) is 17.0 Å². The fraction of sp³-hybridized carbons (Fsp3) is 0.833. The number of nitrogens with one attached hydrogen (secondary N) is 1. The summed E-state index contributed by atoms with van der Waals surface area (Å²) in [6, 6.07) is -1.81. The Hall–Kier alpha value is -1.15. The second-order valence-electron chi connectivity index (χ2n) is 5.45. The summed E-state index contributed by atoms with van der Waals surface area (Å²) in [5, 5.41) is 11.5. The van der Waals surface area contributed by atoms with E-state index >= 15 is 0 Å². The third-order valence-corrected chi connectivity index (χ3v) is 4.70. The van der Waals surface area contributed by atoms with Crippen molar-refractivity contribution < 1.29 is 23.1 Å². The molecule has 1 rings (SSSR count). The van der Waals surface area contributed by atoms with Crippen molar-refractivity contribution in [3.05, 3.63) is 0 Å². The zero-order valence-electron chi connectivity index (χ0n) is 12.0. The minimum atomic E-state index is -3.47. The maximum atomic E-state index is 12.2. The standard InChI is InChI=1S/C12H22N2O5S/c1-8(2)10(12(16)17)13-11(15)9-6-4-5-7-14(9)20(3,18)19/h8-10H,4-7H2,1-3H3,(H,13,15)(H,16,17)/t9?,10-/m0/s1. The van der Waals surface area contributed by atoms with E-state index in [1.54, 1.807) is 13.8 Å². The Morgan fingerprint density at radius 3 is 2.35 bits per heavy atom. The van der Waals surface area contributed by atoms with Gasteiger partial charge in [0.05, 0.1) is 6.26 Å². The molecule has 7 nitrogen and oxygen atoms in total. The highest BCUT2D eigenvalue weighted by atomic mass is 32.2. The molecule has 0 saturated carbocycles. The largest absolute Gasteiger partial charge is 0.480 e. The Morgan fingerprint density at radius 1 is 1.30 bits per heavy atom. The molecule has 2 atom stereocenters. The molecule has 1 heterocycles. The molecule has 1 amide bonds.